The average molecular weight is 260 g/mol. The van der Waals surface area contributed by atoms with Gasteiger partial charge in [-0.2, -0.15) is 0 Å². The molecule has 0 radical (unpaired) electrons. The number of hydrogen-bond acceptors (Lipinski definition) is 5. The highest BCUT2D eigenvalue weighted by molar-refractivity contribution is 7.11. The van der Waals surface area contributed by atoms with Gasteiger partial charge >= 0.3 is 0 Å². The molecule has 94 valence electrons. The predicted octanol–water partition coefficient (Wildman–Crippen LogP) is 2.11. The summed E-state index contributed by atoms with van der Waals surface area (Å²) in [6.07, 6.45) is 4.93. The van der Waals surface area contributed by atoms with Crippen LogP contribution in [-0.4, -0.2) is 26.4 Å². The van der Waals surface area contributed by atoms with E-state index in [9.17, 15) is 0 Å². The molecule has 2 aromatic rings. The summed E-state index contributed by atoms with van der Waals surface area (Å²) >= 11 is 1.78. The summed E-state index contributed by atoms with van der Waals surface area (Å²) in [6, 6.07) is 0. The van der Waals surface area contributed by atoms with Crippen molar-refractivity contribution in [3.8, 4) is 0 Å². The third kappa shape index (κ3) is 2.42. The zero-order chi connectivity index (χ0) is 12.5. The van der Waals surface area contributed by atoms with Crippen LogP contribution in [0.15, 0.2) is 12.4 Å². The van der Waals surface area contributed by atoms with E-state index in [0.29, 0.717) is 0 Å². The Labute approximate surface area is 111 Å². The lowest BCUT2D eigenvalue weighted by molar-refractivity contribution is 0.242. The second-order valence-electron chi connectivity index (χ2n) is 4.71. The number of aryl methyl sites for hydroxylation is 2. The molecule has 0 unspecified atom stereocenters. The Hall–Kier alpha value is -1.33. The van der Waals surface area contributed by atoms with Gasteiger partial charge in [-0.3, -0.25) is 4.90 Å². The molecule has 5 heteroatoms. The van der Waals surface area contributed by atoms with Gasteiger partial charge in [0, 0.05) is 48.0 Å². The molecule has 4 nitrogen and oxygen atoms in total. The van der Waals surface area contributed by atoms with Gasteiger partial charge in [-0.15, -0.1) is 11.3 Å². The van der Waals surface area contributed by atoms with Crippen molar-refractivity contribution < 1.29 is 0 Å². The summed E-state index contributed by atoms with van der Waals surface area (Å²) in [6.45, 7) is 6.98. The highest BCUT2D eigenvalue weighted by Gasteiger charge is 2.18. The van der Waals surface area contributed by atoms with E-state index < -0.39 is 0 Å². The largest absolute Gasteiger partial charge is 0.292 e. The summed E-state index contributed by atoms with van der Waals surface area (Å²) in [5, 5.41) is 1.20. The first kappa shape index (κ1) is 11.7. The van der Waals surface area contributed by atoms with Crippen molar-refractivity contribution in [3.63, 3.8) is 0 Å². The maximum absolute atomic E-state index is 4.51. The van der Waals surface area contributed by atoms with Crippen molar-refractivity contribution in [3.05, 3.63) is 39.4 Å². The van der Waals surface area contributed by atoms with Gasteiger partial charge in [-0.1, -0.05) is 0 Å². The highest BCUT2D eigenvalue weighted by atomic mass is 32.1. The van der Waals surface area contributed by atoms with Crippen LogP contribution in [0, 0.1) is 13.8 Å². The Morgan fingerprint density at radius 2 is 2.17 bits per heavy atom. The van der Waals surface area contributed by atoms with Crippen molar-refractivity contribution in [2.45, 2.75) is 33.4 Å². The fourth-order valence-corrected chi connectivity index (χ4v) is 3.10. The minimum absolute atomic E-state index is 0.873. The van der Waals surface area contributed by atoms with E-state index in [0.717, 1.165) is 31.9 Å². The highest BCUT2D eigenvalue weighted by Crippen LogP contribution is 2.20. The van der Waals surface area contributed by atoms with E-state index in [1.165, 1.54) is 21.1 Å². The second-order valence-corrected chi connectivity index (χ2v) is 6.03. The SMILES string of the molecule is Cc1ncc2c(n1)CCN(Cc1ncc(C)s1)C2. The predicted molar refractivity (Wildman–Crippen MR) is 71.4 cm³/mol. The van der Waals surface area contributed by atoms with Crippen LogP contribution in [0.1, 0.15) is 27.0 Å². The fraction of sp³-hybridized carbons (Fsp3) is 0.462. The summed E-state index contributed by atoms with van der Waals surface area (Å²) in [5.41, 5.74) is 2.48. The molecule has 0 fully saturated rings. The van der Waals surface area contributed by atoms with Crippen molar-refractivity contribution >= 4 is 11.3 Å². The first-order valence-corrected chi connectivity index (χ1v) is 6.97. The number of rotatable bonds is 2. The van der Waals surface area contributed by atoms with Crippen LogP contribution in [0.3, 0.4) is 0 Å². The number of fused-ring (bicyclic) bond motifs is 1. The molecule has 0 saturated heterocycles. The van der Waals surface area contributed by atoms with E-state index in [-0.39, 0.29) is 0 Å². The zero-order valence-electron chi connectivity index (χ0n) is 10.7. The van der Waals surface area contributed by atoms with E-state index in [1.54, 1.807) is 11.3 Å². The number of aromatic nitrogens is 3. The topological polar surface area (TPSA) is 41.9 Å². The van der Waals surface area contributed by atoms with Crippen molar-refractivity contribution in [2.24, 2.45) is 0 Å². The van der Waals surface area contributed by atoms with Crippen LogP contribution in [0.5, 0.6) is 0 Å². The van der Waals surface area contributed by atoms with Gasteiger partial charge in [0.25, 0.3) is 0 Å². The summed E-state index contributed by atoms with van der Waals surface area (Å²) in [4.78, 5) is 16.9. The lowest BCUT2D eigenvalue weighted by Crippen LogP contribution is -2.30. The standard InChI is InChI=1S/C13H16N4S/c1-9-5-15-13(18-9)8-17-4-3-12-11(7-17)6-14-10(2)16-12/h5-6H,3-4,7-8H2,1-2H3. The van der Waals surface area contributed by atoms with Crippen LogP contribution in [0.2, 0.25) is 0 Å². The van der Waals surface area contributed by atoms with Gasteiger partial charge in [0.1, 0.15) is 10.8 Å². The summed E-state index contributed by atoms with van der Waals surface area (Å²) in [7, 11) is 0. The van der Waals surface area contributed by atoms with Crippen LogP contribution in [0.4, 0.5) is 0 Å². The third-order valence-electron chi connectivity index (χ3n) is 3.16. The molecule has 0 amide bonds. The monoisotopic (exact) mass is 260 g/mol. The molecule has 0 N–H and O–H groups in total. The maximum atomic E-state index is 4.51. The van der Waals surface area contributed by atoms with E-state index in [4.69, 9.17) is 0 Å². The number of hydrogen-bond donors (Lipinski definition) is 0. The Morgan fingerprint density at radius 3 is 2.94 bits per heavy atom. The molecule has 0 aliphatic carbocycles. The molecule has 0 spiro atoms. The van der Waals surface area contributed by atoms with Gasteiger partial charge in [0.15, 0.2) is 0 Å². The first-order valence-electron chi connectivity index (χ1n) is 6.16. The van der Waals surface area contributed by atoms with Crippen molar-refractivity contribution in [1.29, 1.82) is 0 Å². The van der Waals surface area contributed by atoms with Crippen LogP contribution >= 0.6 is 11.3 Å². The number of thiazole rings is 1. The molecule has 0 saturated carbocycles. The summed E-state index contributed by atoms with van der Waals surface area (Å²) in [5.74, 6) is 0.873. The minimum Gasteiger partial charge on any atom is -0.292 e. The second kappa shape index (κ2) is 4.74. The molecule has 3 heterocycles. The molecule has 1 aliphatic heterocycles. The molecule has 0 aromatic carbocycles. The summed E-state index contributed by atoms with van der Waals surface area (Å²) < 4.78 is 0. The smallest absolute Gasteiger partial charge is 0.125 e. The Bertz CT molecular complexity index is 564. The first-order chi connectivity index (χ1) is 8.70. The average Bonchev–Trinajstić information content (AvgIpc) is 2.75. The Morgan fingerprint density at radius 1 is 1.28 bits per heavy atom. The van der Waals surface area contributed by atoms with Gasteiger partial charge in [0.2, 0.25) is 0 Å². The zero-order valence-corrected chi connectivity index (χ0v) is 11.5. The van der Waals surface area contributed by atoms with Crippen LogP contribution in [0.25, 0.3) is 0 Å². The minimum atomic E-state index is 0.873. The van der Waals surface area contributed by atoms with Crippen LogP contribution < -0.4 is 0 Å². The van der Waals surface area contributed by atoms with Gasteiger partial charge in [0.05, 0.1) is 6.54 Å². The number of nitrogens with zero attached hydrogens (tertiary/aromatic N) is 4. The molecule has 1 aliphatic rings. The molecular formula is C13H16N4S. The van der Waals surface area contributed by atoms with Crippen molar-refractivity contribution in [2.75, 3.05) is 6.54 Å². The fourth-order valence-electron chi connectivity index (χ4n) is 2.28. The Balaban J connectivity index is 1.73. The van der Waals surface area contributed by atoms with Gasteiger partial charge in [-0.25, -0.2) is 15.0 Å². The van der Waals surface area contributed by atoms with Gasteiger partial charge in [-0.05, 0) is 13.8 Å². The van der Waals surface area contributed by atoms with Crippen molar-refractivity contribution in [1.82, 2.24) is 19.9 Å². The van der Waals surface area contributed by atoms with Gasteiger partial charge < -0.3 is 0 Å². The maximum Gasteiger partial charge on any atom is 0.125 e. The molecule has 2 aromatic heterocycles. The Kier molecular flexibility index (Phi) is 3.09. The molecule has 18 heavy (non-hydrogen) atoms. The normalized spacial score (nSPS) is 15.7. The van der Waals surface area contributed by atoms with Crippen LogP contribution in [-0.2, 0) is 19.5 Å². The van der Waals surface area contributed by atoms with E-state index in [2.05, 4.69) is 26.8 Å². The molecule has 0 atom stereocenters. The van der Waals surface area contributed by atoms with E-state index in [1.807, 2.05) is 19.3 Å². The molecular weight excluding hydrogens is 244 g/mol. The van der Waals surface area contributed by atoms with E-state index >= 15 is 0 Å². The third-order valence-corrected chi connectivity index (χ3v) is 4.06. The lowest BCUT2D eigenvalue weighted by atomic mass is 10.1. The lowest BCUT2D eigenvalue weighted by Gasteiger charge is -2.27. The molecule has 0 bridgehead atoms. The molecule has 3 rings (SSSR count). The quantitative estimate of drug-likeness (QED) is 0.829.